The summed E-state index contributed by atoms with van der Waals surface area (Å²) in [4.78, 5) is 2.71. The first-order valence-electron chi connectivity index (χ1n) is 8.34. The molecule has 0 saturated carbocycles. The lowest BCUT2D eigenvalue weighted by atomic mass is 9.79. The van der Waals surface area contributed by atoms with Crippen LogP contribution in [0.5, 0.6) is 5.75 Å². The first-order chi connectivity index (χ1) is 10.9. The van der Waals surface area contributed by atoms with E-state index in [1.54, 1.807) is 18.2 Å². The van der Waals surface area contributed by atoms with Gasteiger partial charge in [0.1, 0.15) is 10.6 Å². The van der Waals surface area contributed by atoms with Crippen molar-refractivity contribution in [2.24, 2.45) is 11.3 Å². The van der Waals surface area contributed by atoms with Gasteiger partial charge in [0.2, 0.25) is 10.0 Å². The van der Waals surface area contributed by atoms with Crippen LogP contribution in [0.2, 0.25) is 0 Å². The van der Waals surface area contributed by atoms with E-state index in [4.69, 9.17) is 4.74 Å². The highest BCUT2D eigenvalue weighted by Crippen LogP contribution is 2.35. The van der Waals surface area contributed by atoms with Crippen LogP contribution in [0.4, 0.5) is 0 Å². The monoisotopic (exact) mass is 338 g/mol. The molecule has 0 aromatic heterocycles. The minimum absolute atomic E-state index is 0.103. The maximum Gasteiger partial charge on any atom is 0.244 e. The standard InChI is InChI=1S/C17H26N2O3S/c1-14(2)11-19-9-7-17(8-10-19)12-18-23(20,21)16-6-4-3-5-15(16)22-13-17/h3-6,14,18H,7-13H2,1-2H3. The molecule has 0 unspecified atom stereocenters. The van der Waals surface area contributed by atoms with Gasteiger partial charge in [0.25, 0.3) is 0 Å². The Kier molecular flexibility index (Phi) is 4.67. The number of fused-ring (bicyclic) bond motifs is 1. The number of nitrogens with one attached hydrogen (secondary N) is 1. The Morgan fingerprint density at radius 3 is 2.65 bits per heavy atom. The molecule has 1 spiro atoms. The summed E-state index contributed by atoms with van der Waals surface area (Å²) in [5.74, 6) is 1.12. The molecule has 23 heavy (non-hydrogen) atoms. The molecule has 5 nitrogen and oxygen atoms in total. The number of benzene rings is 1. The molecule has 2 aliphatic rings. The van der Waals surface area contributed by atoms with Gasteiger partial charge in [-0.2, -0.15) is 0 Å². The predicted molar refractivity (Wildman–Crippen MR) is 90.1 cm³/mol. The molecule has 0 radical (unpaired) electrons. The van der Waals surface area contributed by atoms with Crippen LogP contribution in [0.3, 0.4) is 0 Å². The van der Waals surface area contributed by atoms with Crippen molar-refractivity contribution in [2.75, 3.05) is 32.8 Å². The summed E-state index contributed by atoms with van der Waals surface area (Å²) in [5, 5.41) is 0. The van der Waals surface area contributed by atoms with Gasteiger partial charge in [0, 0.05) is 18.5 Å². The fourth-order valence-electron chi connectivity index (χ4n) is 3.45. The summed E-state index contributed by atoms with van der Waals surface area (Å²) < 4.78 is 33.7. The van der Waals surface area contributed by atoms with Gasteiger partial charge in [-0.05, 0) is 44.0 Å². The smallest absolute Gasteiger partial charge is 0.244 e. The van der Waals surface area contributed by atoms with E-state index >= 15 is 0 Å². The fourth-order valence-corrected chi connectivity index (χ4v) is 4.75. The third-order valence-corrected chi connectivity index (χ3v) is 6.29. The molecule has 0 amide bonds. The summed E-state index contributed by atoms with van der Waals surface area (Å²) in [5.41, 5.74) is -0.103. The summed E-state index contributed by atoms with van der Waals surface area (Å²) in [6.45, 7) is 8.60. The summed E-state index contributed by atoms with van der Waals surface area (Å²) in [7, 11) is -3.50. The molecule has 1 aromatic carbocycles. The molecular weight excluding hydrogens is 312 g/mol. The molecule has 1 N–H and O–H groups in total. The lowest BCUT2D eigenvalue weighted by Gasteiger charge is -2.43. The number of rotatable bonds is 2. The lowest BCUT2D eigenvalue weighted by molar-refractivity contribution is 0.0509. The van der Waals surface area contributed by atoms with E-state index in [2.05, 4.69) is 23.5 Å². The molecule has 0 aliphatic carbocycles. The van der Waals surface area contributed by atoms with Gasteiger partial charge < -0.3 is 9.64 Å². The number of hydrogen-bond acceptors (Lipinski definition) is 4. The van der Waals surface area contributed by atoms with Gasteiger partial charge in [-0.3, -0.25) is 0 Å². The Balaban J connectivity index is 1.76. The van der Waals surface area contributed by atoms with Crippen molar-refractivity contribution in [2.45, 2.75) is 31.6 Å². The fraction of sp³-hybridized carbons (Fsp3) is 0.647. The van der Waals surface area contributed by atoms with Crippen LogP contribution in [-0.4, -0.2) is 46.1 Å². The summed E-state index contributed by atoms with van der Waals surface area (Å²) >= 11 is 0. The van der Waals surface area contributed by atoms with Crippen LogP contribution in [0.15, 0.2) is 29.2 Å². The van der Waals surface area contributed by atoms with Gasteiger partial charge in [0.15, 0.2) is 0 Å². The topological polar surface area (TPSA) is 58.6 Å². The molecule has 0 bridgehead atoms. The van der Waals surface area contributed by atoms with E-state index < -0.39 is 10.0 Å². The average molecular weight is 338 g/mol. The molecule has 1 aromatic rings. The van der Waals surface area contributed by atoms with Crippen molar-refractivity contribution in [3.63, 3.8) is 0 Å². The van der Waals surface area contributed by atoms with Crippen LogP contribution in [-0.2, 0) is 10.0 Å². The molecule has 0 atom stereocenters. The highest BCUT2D eigenvalue weighted by atomic mass is 32.2. The maximum atomic E-state index is 12.5. The highest BCUT2D eigenvalue weighted by molar-refractivity contribution is 7.89. The summed E-state index contributed by atoms with van der Waals surface area (Å²) in [6.07, 6.45) is 1.93. The van der Waals surface area contributed by atoms with Crippen molar-refractivity contribution in [1.82, 2.24) is 9.62 Å². The third kappa shape index (κ3) is 3.70. The third-order valence-electron chi connectivity index (χ3n) is 4.85. The second kappa shape index (κ2) is 6.42. The number of piperidine rings is 1. The number of likely N-dealkylation sites (tertiary alicyclic amines) is 1. The normalized spacial score (nSPS) is 23.8. The zero-order valence-electron chi connectivity index (χ0n) is 13.9. The Morgan fingerprint density at radius 1 is 1.26 bits per heavy atom. The second-order valence-corrected chi connectivity index (χ2v) is 8.99. The number of hydrogen-bond donors (Lipinski definition) is 1. The quantitative estimate of drug-likeness (QED) is 0.897. The van der Waals surface area contributed by atoms with Gasteiger partial charge in [0.05, 0.1) is 6.61 Å². The molecular formula is C17H26N2O3S. The predicted octanol–water partition coefficient (Wildman–Crippen LogP) is 2.10. The van der Waals surface area contributed by atoms with E-state index in [0.29, 0.717) is 24.8 Å². The number of nitrogens with zero attached hydrogens (tertiary/aromatic N) is 1. The summed E-state index contributed by atoms with van der Waals surface area (Å²) in [6, 6.07) is 6.87. The SMILES string of the molecule is CC(C)CN1CCC2(CC1)CNS(=O)(=O)c1ccccc1OC2. The first kappa shape index (κ1) is 16.7. The van der Waals surface area contributed by atoms with Crippen LogP contribution in [0, 0.1) is 11.3 Å². The maximum absolute atomic E-state index is 12.5. The van der Waals surface area contributed by atoms with Crippen LogP contribution in [0.1, 0.15) is 26.7 Å². The van der Waals surface area contributed by atoms with Crippen LogP contribution >= 0.6 is 0 Å². The zero-order chi connectivity index (χ0) is 16.5. The zero-order valence-corrected chi connectivity index (χ0v) is 14.7. The lowest BCUT2D eigenvalue weighted by Crippen LogP contribution is -2.50. The van der Waals surface area contributed by atoms with Crippen molar-refractivity contribution in [1.29, 1.82) is 0 Å². The van der Waals surface area contributed by atoms with E-state index in [1.807, 2.05) is 6.07 Å². The van der Waals surface area contributed by atoms with E-state index in [1.165, 1.54) is 0 Å². The van der Waals surface area contributed by atoms with E-state index in [-0.39, 0.29) is 10.3 Å². The van der Waals surface area contributed by atoms with Crippen LogP contribution < -0.4 is 9.46 Å². The van der Waals surface area contributed by atoms with Crippen molar-refractivity contribution in [3.8, 4) is 5.75 Å². The Morgan fingerprint density at radius 2 is 1.96 bits per heavy atom. The molecule has 2 aliphatic heterocycles. The van der Waals surface area contributed by atoms with E-state index in [9.17, 15) is 8.42 Å². The van der Waals surface area contributed by atoms with Crippen molar-refractivity contribution >= 4 is 10.0 Å². The molecule has 3 rings (SSSR count). The molecule has 1 fully saturated rings. The number of sulfonamides is 1. The average Bonchev–Trinajstić information content (AvgIpc) is 2.52. The highest BCUT2D eigenvalue weighted by Gasteiger charge is 2.38. The minimum Gasteiger partial charge on any atom is -0.492 e. The van der Waals surface area contributed by atoms with Crippen molar-refractivity contribution < 1.29 is 13.2 Å². The van der Waals surface area contributed by atoms with Crippen molar-refractivity contribution in [3.05, 3.63) is 24.3 Å². The number of ether oxygens (including phenoxy) is 1. The van der Waals surface area contributed by atoms with E-state index in [0.717, 1.165) is 32.5 Å². The molecule has 2 heterocycles. The van der Waals surface area contributed by atoms with Gasteiger partial charge in [-0.25, -0.2) is 13.1 Å². The van der Waals surface area contributed by atoms with Gasteiger partial charge in [-0.15, -0.1) is 0 Å². The Hall–Kier alpha value is -1.11. The Labute approximate surface area is 139 Å². The molecule has 128 valence electrons. The Bertz CT molecular complexity index is 650. The van der Waals surface area contributed by atoms with Crippen LogP contribution in [0.25, 0.3) is 0 Å². The van der Waals surface area contributed by atoms with Gasteiger partial charge in [-0.1, -0.05) is 26.0 Å². The molecule has 1 saturated heterocycles. The van der Waals surface area contributed by atoms with Gasteiger partial charge >= 0.3 is 0 Å². The largest absolute Gasteiger partial charge is 0.492 e. The second-order valence-electron chi connectivity index (χ2n) is 7.25. The number of para-hydroxylation sites is 1. The minimum atomic E-state index is -3.50. The molecule has 6 heteroatoms. The first-order valence-corrected chi connectivity index (χ1v) is 9.82.